The van der Waals surface area contributed by atoms with Gasteiger partial charge in [0.05, 0.1) is 12.3 Å². The van der Waals surface area contributed by atoms with Crippen LogP contribution in [0.3, 0.4) is 0 Å². The molecule has 1 saturated heterocycles. The largest absolute Gasteiger partial charge is 0.494 e. The topological polar surface area (TPSA) is 55.6 Å². The van der Waals surface area contributed by atoms with Crippen molar-refractivity contribution >= 4 is 5.91 Å². The van der Waals surface area contributed by atoms with Gasteiger partial charge in [-0.1, -0.05) is 17.3 Å². The van der Waals surface area contributed by atoms with E-state index in [1.165, 1.54) is 5.56 Å². The smallest absolute Gasteiger partial charge is 0.292 e. The van der Waals surface area contributed by atoms with Crippen molar-refractivity contribution in [3.05, 3.63) is 47.3 Å². The minimum atomic E-state index is -0.0365. The van der Waals surface area contributed by atoms with Crippen LogP contribution in [0.1, 0.15) is 48.0 Å². The molecule has 5 heteroatoms. The van der Waals surface area contributed by atoms with Gasteiger partial charge in [0.15, 0.2) is 0 Å². The average Bonchev–Trinajstić information content (AvgIpc) is 3.08. The molecule has 1 aliphatic heterocycles. The van der Waals surface area contributed by atoms with Crippen LogP contribution in [0.5, 0.6) is 5.75 Å². The van der Waals surface area contributed by atoms with E-state index in [0.717, 1.165) is 50.2 Å². The van der Waals surface area contributed by atoms with Gasteiger partial charge in [-0.25, -0.2) is 0 Å². The van der Waals surface area contributed by atoms with Gasteiger partial charge in [0.1, 0.15) is 5.75 Å². The van der Waals surface area contributed by atoms with Crippen LogP contribution in [0.25, 0.3) is 0 Å². The molecule has 0 bridgehead atoms. The lowest BCUT2D eigenvalue weighted by Crippen LogP contribution is -2.38. The molecule has 0 spiro atoms. The van der Waals surface area contributed by atoms with Crippen molar-refractivity contribution < 1.29 is 14.1 Å². The molecule has 2 heterocycles. The van der Waals surface area contributed by atoms with Crippen LogP contribution < -0.4 is 4.74 Å². The molecule has 1 fully saturated rings. The fourth-order valence-electron chi connectivity index (χ4n) is 3.33. The molecule has 0 unspecified atom stereocenters. The Labute approximate surface area is 148 Å². The molecule has 1 aromatic heterocycles. The van der Waals surface area contributed by atoms with E-state index in [9.17, 15) is 4.79 Å². The minimum Gasteiger partial charge on any atom is -0.494 e. The van der Waals surface area contributed by atoms with Crippen molar-refractivity contribution in [3.8, 4) is 5.75 Å². The highest BCUT2D eigenvalue weighted by Gasteiger charge is 2.25. The zero-order valence-corrected chi connectivity index (χ0v) is 15.0. The summed E-state index contributed by atoms with van der Waals surface area (Å²) in [6.07, 6.45) is 4.34. The molecule has 3 rings (SSSR count). The fraction of sp³-hybridized carbons (Fsp3) is 0.500. The number of piperidine rings is 1. The maximum atomic E-state index is 12.4. The van der Waals surface area contributed by atoms with E-state index in [-0.39, 0.29) is 5.91 Å². The molecule has 134 valence electrons. The average molecular weight is 342 g/mol. The molecule has 1 aliphatic rings. The van der Waals surface area contributed by atoms with Gasteiger partial charge < -0.3 is 14.2 Å². The van der Waals surface area contributed by atoms with Gasteiger partial charge in [-0.15, -0.1) is 0 Å². The van der Waals surface area contributed by atoms with Gasteiger partial charge in [0, 0.05) is 19.2 Å². The molecule has 5 nitrogen and oxygen atoms in total. The number of benzene rings is 1. The first-order valence-corrected chi connectivity index (χ1v) is 9.10. The number of carbonyl (C=O) groups excluding carboxylic acids is 1. The molecule has 1 amide bonds. The summed E-state index contributed by atoms with van der Waals surface area (Å²) in [6.45, 7) is 6.12. The molecule has 1 aromatic carbocycles. The Morgan fingerprint density at radius 3 is 2.60 bits per heavy atom. The lowest BCUT2D eigenvalue weighted by Gasteiger charge is -2.31. The van der Waals surface area contributed by atoms with Crippen molar-refractivity contribution in [2.75, 3.05) is 19.7 Å². The molecule has 25 heavy (non-hydrogen) atoms. The monoisotopic (exact) mass is 342 g/mol. The Bertz CT molecular complexity index is 685. The standard InChI is InChI=1S/C20H26N2O3/c1-3-24-18-8-6-16(7-9-18)4-5-17-10-12-22(13-11-17)20(23)19-14-15(2)21-25-19/h6-9,14,17H,3-5,10-13H2,1-2H3. The molecule has 0 atom stereocenters. The number of rotatable bonds is 6. The van der Waals surface area contributed by atoms with Crippen LogP contribution in [0.15, 0.2) is 34.9 Å². The third-order valence-electron chi connectivity index (χ3n) is 4.82. The molecule has 2 aromatic rings. The van der Waals surface area contributed by atoms with Gasteiger partial charge in [0.25, 0.3) is 5.91 Å². The van der Waals surface area contributed by atoms with E-state index in [2.05, 4.69) is 17.3 Å². The second-order valence-electron chi connectivity index (χ2n) is 6.68. The predicted octanol–water partition coefficient (Wildman–Crippen LogP) is 3.87. The molecule has 0 radical (unpaired) electrons. The number of aryl methyl sites for hydroxylation is 2. The number of hydrogen-bond donors (Lipinski definition) is 0. The summed E-state index contributed by atoms with van der Waals surface area (Å²) in [6, 6.07) is 10.1. The lowest BCUT2D eigenvalue weighted by molar-refractivity contribution is 0.0645. The van der Waals surface area contributed by atoms with E-state index in [0.29, 0.717) is 18.3 Å². The first-order chi connectivity index (χ1) is 12.2. The summed E-state index contributed by atoms with van der Waals surface area (Å²) >= 11 is 0. The van der Waals surface area contributed by atoms with Crippen molar-refractivity contribution in [3.63, 3.8) is 0 Å². The van der Waals surface area contributed by atoms with E-state index >= 15 is 0 Å². The first-order valence-electron chi connectivity index (χ1n) is 9.10. The highest BCUT2D eigenvalue weighted by Crippen LogP contribution is 2.24. The summed E-state index contributed by atoms with van der Waals surface area (Å²) < 4.78 is 10.6. The van der Waals surface area contributed by atoms with Crippen molar-refractivity contribution in [2.24, 2.45) is 5.92 Å². The molecular formula is C20H26N2O3. The summed E-state index contributed by atoms with van der Waals surface area (Å²) in [5.74, 6) is 1.92. The van der Waals surface area contributed by atoms with E-state index in [1.807, 2.05) is 30.9 Å². The Morgan fingerprint density at radius 2 is 2.00 bits per heavy atom. The number of aromatic nitrogens is 1. The van der Waals surface area contributed by atoms with E-state index < -0.39 is 0 Å². The van der Waals surface area contributed by atoms with Crippen LogP contribution in [0.4, 0.5) is 0 Å². The van der Waals surface area contributed by atoms with Gasteiger partial charge in [-0.2, -0.15) is 0 Å². The van der Waals surface area contributed by atoms with Gasteiger partial charge in [0.2, 0.25) is 5.76 Å². The van der Waals surface area contributed by atoms with Crippen LogP contribution in [-0.2, 0) is 6.42 Å². The Kier molecular flexibility index (Phi) is 5.74. The number of nitrogens with zero attached hydrogens (tertiary/aromatic N) is 2. The minimum absolute atomic E-state index is 0.0365. The Balaban J connectivity index is 1.44. The second-order valence-corrected chi connectivity index (χ2v) is 6.68. The molecule has 0 saturated carbocycles. The summed E-state index contributed by atoms with van der Waals surface area (Å²) in [7, 11) is 0. The Morgan fingerprint density at radius 1 is 1.28 bits per heavy atom. The zero-order valence-electron chi connectivity index (χ0n) is 15.0. The second kappa shape index (κ2) is 8.19. The highest BCUT2D eigenvalue weighted by atomic mass is 16.5. The number of hydrogen-bond acceptors (Lipinski definition) is 4. The molecule has 0 aliphatic carbocycles. The van der Waals surface area contributed by atoms with Gasteiger partial charge in [-0.05, 0) is 63.1 Å². The van der Waals surface area contributed by atoms with Crippen molar-refractivity contribution in [2.45, 2.75) is 39.5 Å². The van der Waals surface area contributed by atoms with Crippen LogP contribution in [-0.4, -0.2) is 35.7 Å². The summed E-state index contributed by atoms with van der Waals surface area (Å²) in [5.41, 5.74) is 2.09. The van der Waals surface area contributed by atoms with Crippen molar-refractivity contribution in [1.29, 1.82) is 0 Å². The summed E-state index contributed by atoms with van der Waals surface area (Å²) in [5, 5.41) is 3.80. The number of carbonyl (C=O) groups is 1. The van der Waals surface area contributed by atoms with Gasteiger partial charge >= 0.3 is 0 Å². The van der Waals surface area contributed by atoms with Crippen LogP contribution >= 0.6 is 0 Å². The van der Waals surface area contributed by atoms with E-state index in [4.69, 9.17) is 9.26 Å². The van der Waals surface area contributed by atoms with E-state index in [1.54, 1.807) is 6.07 Å². The first kappa shape index (κ1) is 17.5. The predicted molar refractivity (Wildman–Crippen MR) is 95.8 cm³/mol. The van der Waals surface area contributed by atoms with Crippen LogP contribution in [0, 0.1) is 12.8 Å². The molecular weight excluding hydrogens is 316 g/mol. The highest BCUT2D eigenvalue weighted by molar-refractivity contribution is 5.91. The zero-order chi connectivity index (χ0) is 17.6. The normalized spacial score (nSPS) is 15.4. The third-order valence-corrected chi connectivity index (χ3v) is 4.82. The maximum absolute atomic E-state index is 12.4. The number of likely N-dealkylation sites (tertiary alicyclic amines) is 1. The summed E-state index contributed by atoms with van der Waals surface area (Å²) in [4.78, 5) is 14.2. The third kappa shape index (κ3) is 4.62. The maximum Gasteiger partial charge on any atom is 0.292 e. The van der Waals surface area contributed by atoms with Crippen molar-refractivity contribution in [1.82, 2.24) is 10.1 Å². The SMILES string of the molecule is CCOc1ccc(CCC2CCN(C(=O)c3cc(C)no3)CC2)cc1. The fourth-order valence-corrected chi connectivity index (χ4v) is 3.33. The number of amides is 1. The number of ether oxygens (including phenoxy) is 1. The van der Waals surface area contributed by atoms with Gasteiger partial charge in [-0.3, -0.25) is 4.79 Å². The molecule has 0 N–H and O–H groups in total. The lowest BCUT2D eigenvalue weighted by atomic mass is 9.90. The quantitative estimate of drug-likeness (QED) is 0.800. The van der Waals surface area contributed by atoms with Crippen LogP contribution in [0.2, 0.25) is 0 Å². The Hall–Kier alpha value is -2.30.